The molecule has 1 atom stereocenters. The van der Waals surface area contributed by atoms with Crippen molar-refractivity contribution >= 4 is 29.3 Å². The second-order valence-corrected chi connectivity index (χ2v) is 9.58. The fraction of sp³-hybridized carbons (Fsp3) is 0.345. The molecule has 1 unspecified atom stereocenters. The van der Waals surface area contributed by atoms with Gasteiger partial charge in [-0.15, -0.1) is 11.8 Å². The maximum Gasteiger partial charge on any atom is 0.252 e. The van der Waals surface area contributed by atoms with E-state index in [2.05, 4.69) is 85.6 Å². The van der Waals surface area contributed by atoms with Crippen LogP contribution >= 0.6 is 11.8 Å². The standard InChI is InChI=1S/C29H36N4OS/c1-8-19(4)15-27-25(18-30-33(27)23-13-11-20(5)12-14-23)24(9-2)29(34)32-26(10-3)22-16-21(6)31-28(17-22)35-7/h9,11-18,26H,8,10H2,1-7H3,(H,32,34)/b19-15+,24-9+. The van der Waals surface area contributed by atoms with Crippen LogP contribution < -0.4 is 5.32 Å². The van der Waals surface area contributed by atoms with Crippen LogP contribution in [0.2, 0.25) is 0 Å². The Kier molecular flexibility index (Phi) is 9.10. The predicted octanol–water partition coefficient (Wildman–Crippen LogP) is 7.09. The van der Waals surface area contributed by atoms with Gasteiger partial charge >= 0.3 is 0 Å². The number of allylic oxidation sites excluding steroid dienone is 2. The van der Waals surface area contributed by atoms with Crippen LogP contribution in [0.1, 0.15) is 74.7 Å². The fourth-order valence-corrected chi connectivity index (χ4v) is 4.46. The van der Waals surface area contributed by atoms with Gasteiger partial charge in [0.15, 0.2) is 0 Å². The first-order chi connectivity index (χ1) is 16.8. The topological polar surface area (TPSA) is 59.8 Å². The molecule has 1 N–H and O–H groups in total. The molecule has 0 spiro atoms. The Hall–Kier alpha value is -3.12. The molecule has 184 valence electrons. The minimum absolute atomic E-state index is 0.103. The average Bonchev–Trinajstić information content (AvgIpc) is 3.25. The van der Waals surface area contributed by atoms with Crippen molar-refractivity contribution in [2.24, 2.45) is 0 Å². The van der Waals surface area contributed by atoms with Gasteiger partial charge in [0, 0.05) is 16.8 Å². The molecule has 3 rings (SSSR count). The van der Waals surface area contributed by atoms with E-state index in [1.54, 1.807) is 18.0 Å². The van der Waals surface area contributed by atoms with Gasteiger partial charge < -0.3 is 5.32 Å². The number of carbonyl (C=O) groups is 1. The highest BCUT2D eigenvalue weighted by Crippen LogP contribution is 2.28. The third kappa shape index (κ3) is 6.31. The number of nitrogens with one attached hydrogen (secondary N) is 1. The number of nitrogens with zero attached hydrogens (tertiary/aromatic N) is 3. The number of amides is 1. The first-order valence-corrected chi connectivity index (χ1v) is 13.4. The monoisotopic (exact) mass is 488 g/mol. The van der Waals surface area contributed by atoms with E-state index < -0.39 is 0 Å². The number of benzene rings is 1. The average molecular weight is 489 g/mol. The summed E-state index contributed by atoms with van der Waals surface area (Å²) < 4.78 is 1.92. The summed E-state index contributed by atoms with van der Waals surface area (Å²) in [6.45, 7) is 12.3. The van der Waals surface area contributed by atoms with E-state index in [1.165, 1.54) is 11.1 Å². The van der Waals surface area contributed by atoms with Gasteiger partial charge in [0.25, 0.3) is 5.91 Å². The highest BCUT2D eigenvalue weighted by atomic mass is 32.2. The smallest absolute Gasteiger partial charge is 0.252 e. The molecule has 0 saturated heterocycles. The number of hydrogen-bond donors (Lipinski definition) is 1. The summed E-state index contributed by atoms with van der Waals surface area (Å²) in [6.07, 6.45) is 9.53. The van der Waals surface area contributed by atoms with Crippen molar-refractivity contribution in [3.63, 3.8) is 0 Å². The van der Waals surface area contributed by atoms with Crippen LogP contribution in [0.15, 0.2) is 59.3 Å². The van der Waals surface area contributed by atoms with E-state index in [9.17, 15) is 4.79 Å². The molecule has 6 heteroatoms. The normalized spacial score (nSPS) is 13.1. The maximum absolute atomic E-state index is 13.6. The van der Waals surface area contributed by atoms with Crippen molar-refractivity contribution in [3.8, 4) is 5.69 Å². The number of hydrogen-bond acceptors (Lipinski definition) is 4. The molecule has 0 radical (unpaired) electrons. The van der Waals surface area contributed by atoms with Crippen LogP contribution in [-0.2, 0) is 4.79 Å². The molecule has 0 fully saturated rings. The van der Waals surface area contributed by atoms with Gasteiger partial charge in [0.2, 0.25) is 0 Å². The number of rotatable bonds is 9. The van der Waals surface area contributed by atoms with Gasteiger partial charge in [-0.25, -0.2) is 9.67 Å². The van der Waals surface area contributed by atoms with Gasteiger partial charge in [0.1, 0.15) is 0 Å². The molecular formula is C29H36N4OS. The van der Waals surface area contributed by atoms with Crippen LogP contribution in [0.4, 0.5) is 0 Å². The zero-order valence-electron chi connectivity index (χ0n) is 21.8. The number of aromatic nitrogens is 3. The first-order valence-electron chi connectivity index (χ1n) is 12.1. The minimum atomic E-state index is -0.105. The van der Waals surface area contributed by atoms with E-state index in [0.29, 0.717) is 5.57 Å². The van der Waals surface area contributed by atoms with Crippen molar-refractivity contribution in [3.05, 3.63) is 82.3 Å². The molecule has 5 nitrogen and oxygen atoms in total. The molecule has 0 aliphatic rings. The van der Waals surface area contributed by atoms with E-state index in [1.807, 2.05) is 30.9 Å². The maximum atomic E-state index is 13.6. The van der Waals surface area contributed by atoms with E-state index in [0.717, 1.165) is 46.1 Å². The van der Waals surface area contributed by atoms with Gasteiger partial charge in [-0.2, -0.15) is 5.10 Å². The quantitative estimate of drug-likeness (QED) is 0.258. The van der Waals surface area contributed by atoms with Crippen LogP contribution in [0.25, 0.3) is 17.3 Å². The minimum Gasteiger partial charge on any atom is -0.345 e. The lowest BCUT2D eigenvalue weighted by Crippen LogP contribution is -2.29. The molecule has 35 heavy (non-hydrogen) atoms. The van der Waals surface area contributed by atoms with Crippen LogP contribution in [-0.4, -0.2) is 26.9 Å². The highest BCUT2D eigenvalue weighted by molar-refractivity contribution is 7.98. The molecule has 0 aliphatic heterocycles. The lowest BCUT2D eigenvalue weighted by atomic mass is 10.0. The summed E-state index contributed by atoms with van der Waals surface area (Å²) in [6, 6.07) is 12.3. The summed E-state index contributed by atoms with van der Waals surface area (Å²) in [4.78, 5) is 18.1. The van der Waals surface area contributed by atoms with Crippen molar-refractivity contribution in [2.45, 2.75) is 65.5 Å². The Morgan fingerprint density at radius 2 is 1.89 bits per heavy atom. The number of carbonyl (C=O) groups excluding carboxylic acids is 1. The van der Waals surface area contributed by atoms with Crippen LogP contribution in [0, 0.1) is 13.8 Å². The first kappa shape index (κ1) is 26.5. The van der Waals surface area contributed by atoms with Gasteiger partial charge in [-0.1, -0.05) is 43.2 Å². The van der Waals surface area contributed by atoms with E-state index in [-0.39, 0.29) is 11.9 Å². The Balaban J connectivity index is 2.00. The molecule has 2 aromatic heterocycles. The molecule has 0 saturated carbocycles. The summed E-state index contributed by atoms with van der Waals surface area (Å²) in [5.74, 6) is -0.105. The zero-order chi connectivity index (χ0) is 25.5. The molecule has 3 aromatic rings. The summed E-state index contributed by atoms with van der Waals surface area (Å²) in [7, 11) is 0. The third-order valence-electron chi connectivity index (χ3n) is 6.13. The van der Waals surface area contributed by atoms with E-state index in [4.69, 9.17) is 0 Å². The Morgan fingerprint density at radius 3 is 2.49 bits per heavy atom. The van der Waals surface area contributed by atoms with Crippen molar-refractivity contribution < 1.29 is 4.79 Å². The number of aryl methyl sites for hydroxylation is 2. The third-order valence-corrected chi connectivity index (χ3v) is 6.75. The van der Waals surface area contributed by atoms with Crippen molar-refractivity contribution in [1.29, 1.82) is 0 Å². The van der Waals surface area contributed by atoms with Crippen LogP contribution in [0.5, 0.6) is 0 Å². The van der Waals surface area contributed by atoms with Crippen molar-refractivity contribution in [1.82, 2.24) is 20.1 Å². The lowest BCUT2D eigenvalue weighted by molar-refractivity contribution is -0.116. The molecular weight excluding hydrogens is 452 g/mol. The molecule has 1 aromatic carbocycles. The molecule has 1 amide bonds. The molecule has 0 aliphatic carbocycles. The van der Waals surface area contributed by atoms with Gasteiger partial charge in [0.05, 0.1) is 28.6 Å². The Bertz CT molecular complexity index is 1240. The Morgan fingerprint density at radius 1 is 1.17 bits per heavy atom. The summed E-state index contributed by atoms with van der Waals surface area (Å²) in [5.41, 5.74) is 7.76. The SMILES string of the molecule is C/C=C(/C(=O)NC(CC)c1cc(C)nc(SC)c1)c1cnn(-c2ccc(C)cc2)c1/C=C(\C)CC. The molecule has 0 bridgehead atoms. The van der Waals surface area contributed by atoms with Gasteiger partial charge in [-0.3, -0.25) is 4.79 Å². The van der Waals surface area contributed by atoms with Gasteiger partial charge in [-0.05, 0) is 82.7 Å². The second kappa shape index (κ2) is 12.0. The number of pyridine rings is 1. The highest BCUT2D eigenvalue weighted by Gasteiger charge is 2.22. The largest absolute Gasteiger partial charge is 0.345 e. The lowest BCUT2D eigenvalue weighted by Gasteiger charge is -2.20. The van der Waals surface area contributed by atoms with Crippen LogP contribution in [0.3, 0.4) is 0 Å². The fourth-order valence-electron chi connectivity index (χ4n) is 3.97. The van der Waals surface area contributed by atoms with E-state index >= 15 is 0 Å². The summed E-state index contributed by atoms with van der Waals surface area (Å²) >= 11 is 1.61. The second-order valence-electron chi connectivity index (χ2n) is 8.76. The molecule has 2 heterocycles. The summed E-state index contributed by atoms with van der Waals surface area (Å²) in [5, 5.41) is 8.91. The van der Waals surface area contributed by atoms with Crippen molar-refractivity contribution in [2.75, 3.05) is 6.26 Å². The Labute approximate surface area is 213 Å². The zero-order valence-corrected chi connectivity index (χ0v) is 22.7. The predicted molar refractivity (Wildman–Crippen MR) is 148 cm³/mol. The number of thioether (sulfide) groups is 1.